The molecule has 0 saturated heterocycles. The third-order valence-electron chi connectivity index (χ3n) is 4.71. The van der Waals surface area contributed by atoms with Crippen LogP contribution in [0.2, 0.25) is 0 Å². The first-order chi connectivity index (χ1) is 14.8. The Morgan fingerprint density at radius 3 is 2.16 bits per heavy atom. The number of carbonyl (C=O) groups is 3. The molecular formula is C22H31F3N2O5. The molecule has 10 heteroatoms. The van der Waals surface area contributed by atoms with E-state index in [-0.39, 0.29) is 24.3 Å². The lowest BCUT2D eigenvalue weighted by Gasteiger charge is -2.28. The normalized spacial score (nSPS) is 14.2. The van der Waals surface area contributed by atoms with Gasteiger partial charge in [-0.1, -0.05) is 20.3 Å². The quantitative estimate of drug-likeness (QED) is 0.434. The van der Waals surface area contributed by atoms with Crippen LogP contribution in [0.3, 0.4) is 0 Å². The highest BCUT2D eigenvalue weighted by atomic mass is 19.2. The number of ether oxygens (including phenoxy) is 2. The van der Waals surface area contributed by atoms with Gasteiger partial charge in [-0.25, -0.2) is 18.0 Å². The molecule has 0 spiro atoms. The molecule has 0 aliphatic rings. The van der Waals surface area contributed by atoms with Crippen molar-refractivity contribution in [3.63, 3.8) is 0 Å². The van der Waals surface area contributed by atoms with E-state index in [1.54, 1.807) is 27.7 Å². The number of halogens is 3. The molecule has 2 unspecified atom stereocenters. The van der Waals surface area contributed by atoms with Crippen LogP contribution in [0.5, 0.6) is 0 Å². The summed E-state index contributed by atoms with van der Waals surface area (Å²) in [6, 6.07) is -0.939. The van der Waals surface area contributed by atoms with Crippen LogP contribution in [0.4, 0.5) is 18.0 Å². The van der Waals surface area contributed by atoms with E-state index in [1.807, 2.05) is 6.92 Å². The van der Waals surface area contributed by atoms with E-state index in [4.69, 9.17) is 4.74 Å². The van der Waals surface area contributed by atoms with Crippen molar-refractivity contribution in [2.24, 2.45) is 5.92 Å². The Balaban J connectivity index is 3.08. The Morgan fingerprint density at radius 2 is 1.62 bits per heavy atom. The largest absolute Gasteiger partial charge is 0.469 e. The molecule has 0 aromatic heterocycles. The number of rotatable bonds is 9. The zero-order valence-corrected chi connectivity index (χ0v) is 19.2. The maximum absolute atomic E-state index is 14.1. The summed E-state index contributed by atoms with van der Waals surface area (Å²) >= 11 is 0. The molecule has 7 nitrogen and oxygen atoms in total. The Morgan fingerprint density at radius 1 is 1.03 bits per heavy atom. The van der Waals surface area contributed by atoms with Gasteiger partial charge in [0.15, 0.2) is 11.6 Å². The molecule has 0 saturated carbocycles. The average Bonchev–Trinajstić information content (AvgIpc) is 2.67. The summed E-state index contributed by atoms with van der Waals surface area (Å²) in [5, 5.41) is 5.10. The molecule has 0 aliphatic heterocycles. The number of amides is 2. The minimum atomic E-state index is -1.35. The number of methoxy groups -OCH3 is 1. The summed E-state index contributed by atoms with van der Waals surface area (Å²) in [5.41, 5.74) is -1.00. The highest BCUT2D eigenvalue weighted by molar-refractivity contribution is 5.86. The van der Waals surface area contributed by atoms with Gasteiger partial charge in [0.1, 0.15) is 17.5 Å². The van der Waals surface area contributed by atoms with Crippen LogP contribution < -0.4 is 10.6 Å². The van der Waals surface area contributed by atoms with Crippen LogP contribution in [-0.2, 0) is 25.5 Å². The van der Waals surface area contributed by atoms with Gasteiger partial charge in [0.25, 0.3) is 0 Å². The predicted molar refractivity (Wildman–Crippen MR) is 111 cm³/mol. The fourth-order valence-electron chi connectivity index (χ4n) is 2.87. The third-order valence-corrected chi connectivity index (χ3v) is 4.71. The fourth-order valence-corrected chi connectivity index (χ4v) is 2.87. The van der Waals surface area contributed by atoms with E-state index in [0.29, 0.717) is 18.6 Å². The van der Waals surface area contributed by atoms with Gasteiger partial charge in [-0.3, -0.25) is 9.59 Å². The van der Waals surface area contributed by atoms with Crippen molar-refractivity contribution >= 4 is 18.0 Å². The highest BCUT2D eigenvalue weighted by Gasteiger charge is 2.30. The van der Waals surface area contributed by atoms with Gasteiger partial charge in [0, 0.05) is 12.1 Å². The SMILES string of the molecule is CCC(C)C(NC(=O)OC(C)(C)C)C(=O)N[C@@H](CC(=O)OC)Cc1cc(F)c(F)cc1F. The van der Waals surface area contributed by atoms with Crippen LogP contribution in [0, 0.1) is 23.4 Å². The Labute approximate surface area is 186 Å². The molecule has 0 bridgehead atoms. The number of hydrogen-bond acceptors (Lipinski definition) is 5. The third kappa shape index (κ3) is 8.76. The van der Waals surface area contributed by atoms with E-state index in [2.05, 4.69) is 15.4 Å². The standard InChI is InChI=1S/C22H31F3N2O5/c1-7-12(2)19(27-21(30)32-22(3,4)5)20(29)26-14(10-18(28)31-6)8-13-9-16(24)17(25)11-15(13)23/h9,11-12,14,19H,7-8,10H2,1-6H3,(H,26,29)(H,27,30)/t12?,14-,19?/m1/s1. The maximum atomic E-state index is 14.1. The van der Waals surface area contributed by atoms with E-state index in [1.165, 1.54) is 0 Å². The first-order valence-corrected chi connectivity index (χ1v) is 10.3. The molecule has 1 rings (SSSR count). The van der Waals surface area contributed by atoms with Gasteiger partial charge in [0.05, 0.1) is 13.5 Å². The van der Waals surface area contributed by atoms with Gasteiger partial charge < -0.3 is 20.1 Å². The minimum Gasteiger partial charge on any atom is -0.469 e. The zero-order chi connectivity index (χ0) is 24.6. The number of nitrogens with one attached hydrogen (secondary N) is 2. The number of benzene rings is 1. The summed E-state index contributed by atoms with van der Waals surface area (Å²) in [6.07, 6.45) is -0.911. The van der Waals surface area contributed by atoms with Crippen LogP contribution in [-0.4, -0.2) is 42.8 Å². The van der Waals surface area contributed by atoms with Crippen LogP contribution in [0.25, 0.3) is 0 Å². The number of hydrogen-bond donors (Lipinski definition) is 2. The fraction of sp³-hybridized carbons (Fsp3) is 0.591. The second kappa shape index (κ2) is 11.7. The summed E-state index contributed by atoms with van der Waals surface area (Å²) in [6.45, 7) is 8.59. The van der Waals surface area contributed by atoms with Gasteiger partial charge in [0.2, 0.25) is 5.91 Å². The van der Waals surface area contributed by atoms with Crippen molar-refractivity contribution < 1.29 is 37.0 Å². The Bertz CT molecular complexity index is 827. The monoisotopic (exact) mass is 460 g/mol. The van der Waals surface area contributed by atoms with Gasteiger partial charge in [-0.15, -0.1) is 0 Å². The smallest absolute Gasteiger partial charge is 0.408 e. The van der Waals surface area contributed by atoms with Gasteiger partial charge in [-0.05, 0) is 44.7 Å². The molecular weight excluding hydrogens is 429 g/mol. The molecule has 2 amide bonds. The van der Waals surface area contributed by atoms with E-state index in [9.17, 15) is 27.6 Å². The van der Waals surface area contributed by atoms with E-state index < -0.39 is 53.1 Å². The van der Waals surface area contributed by atoms with E-state index in [0.717, 1.165) is 7.11 Å². The number of carbonyl (C=O) groups excluding carboxylic acids is 3. The second-order valence-electron chi connectivity index (χ2n) is 8.56. The first-order valence-electron chi connectivity index (χ1n) is 10.3. The number of esters is 1. The lowest BCUT2D eigenvalue weighted by Crippen LogP contribution is -2.54. The predicted octanol–water partition coefficient (Wildman–Crippen LogP) is 3.63. The van der Waals surface area contributed by atoms with Crippen molar-refractivity contribution in [3.05, 3.63) is 35.1 Å². The summed E-state index contributed by atoms with van der Waals surface area (Å²) in [4.78, 5) is 37.0. The van der Waals surface area contributed by atoms with Crippen LogP contribution >= 0.6 is 0 Å². The molecule has 32 heavy (non-hydrogen) atoms. The van der Waals surface area contributed by atoms with Crippen molar-refractivity contribution in [3.8, 4) is 0 Å². The minimum absolute atomic E-state index is 0.224. The van der Waals surface area contributed by atoms with Crippen molar-refractivity contribution in [1.29, 1.82) is 0 Å². The lowest BCUT2D eigenvalue weighted by atomic mass is 9.96. The van der Waals surface area contributed by atoms with Crippen molar-refractivity contribution in [1.82, 2.24) is 10.6 Å². The summed E-state index contributed by atoms with van der Waals surface area (Å²) < 4.78 is 50.7. The molecule has 1 aromatic rings. The summed E-state index contributed by atoms with van der Waals surface area (Å²) in [7, 11) is 1.14. The van der Waals surface area contributed by atoms with Crippen LogP contribution in [0.1, 0.15) is 53.0 Å². The topological polar surface area (TPSA) is 93.7 Å². The van der Waals surface area contributed by atoms with Gasteiger partial charge >= 0.3 is 12.1 Å². The Hall–Kier alpha value is -2.78. The van der Waals surface area contributed by atoms with E-state index >= 15 is 0 Å². The molecule has 180 valence electrons. The molecule has 2 N–H and O–H groups in total. The molecule has 0 radical (unpaired) electrons. The number of alkyl carbamates (subject to hydrolysis) is 1. The van der Waals surface area contributed by atoms with Crippen LogP contribution in [0.15, 0.2) is 12.1 Å². The zero-order valence-electron chi connectivity index (χ0n) is 19.2. The highest BCUT2D eigenvalue weighted by Crippen LogP contribution is 2.18. The molecule has 0 aliphatic carbocycles. The molecule has 1 aromatic carbocycles. The maximum Gasteiger partial charge on any atom is 0.408 e. The Kier molecular flexibility index (Phi) is 9.99. The lowest BCUT2D eigenvalue weighted by molar-refractivity contribution is -0.141. The van der Waals surface area contributed by atoms with Crippen molar-refractivity contribution in [2.45, 2.75) is 71.6 Å². The van der Waals surface area contributed by atoms with Crippen molar-refractivity contribution in [2.75, 3.05) is 7.11 Å². The first kappa shape index (κ1) is 27.3. The average molecular weight is 460 g/mol. The molecule has 0 heterocycles. The molecule has 3 atom stereocenters. The van der Waals surface area contributed by atoms with Gasteiger partial charge in [-0.2, -0.15) is 0 Å². The summed E-state index contributed by atoms with van der Waals surface area (Å²) in [5.74, 6) is -5.26. The molecule has 0 fully saturated rings. The second-order valence-corrected chi connectivity index (χ2v) is 8.56.